The van der Waals surface area contributed by atoms with Gasteiger partial charge in [0.2, 0.25) is 0 Å². The van der Waals surface area contributed by atoms with Crippen LogP contribution < -0.4 is 16.6 Å². The molecule has 1 nitrogen and oxygen atoms in total. The van der Waals surface area contributed by atoms with E-state index in [4.69, 9.17) is 4.42 Å². The van der Waals surface area contributed by atoms with Gasteiger partial charge in [-0.05, 0) is 134 Å². The zero-order valence-electron chi connectivity index (χ0n) is 37.3. The average Bonchev–Trinajstić information content (AvgIpc) is 3.48. The van der Waals surface area contributed by atoms with E-state index in [1.165, 1.54) is 111 Å². The van der Waals surface area contributed by atoms with Gasteiger partial charge in [-0.3, -0.25) is 0 Å². The van der Waals surface area contributed by atoms with Crippen LogP contribution in [0, 0.1) is 12.3 Å². The van der Waals surface area contributed by atoms with Crippen molar-refractivity contribution < 1.29 is 4.42 Å². The van der Waals surface area contributed by atoms with E-state index in [-0.39, 0.29) is 45.1 Å². The molecule has 56 heavy (non-hydrogen) atoms. The van der Waals surface area contributed by atoms with Crippen LogP contribution in [0.25, 0.3) is 11.0 Å². The molecule has 2 heteroatoms. The molecule has 0 radical (unpaired) electrons. The van der Waals surface area contributed by atoms with E-state index in [1.807, 2.05) is 0 Å². The third kappa shape index (κ3) is 5.53. The number of fused-ring (bicyclic) bond motifs is 7. The molecule has 9 rings (SSSR count). The maximum absolute atomic E-state index is 7.56. The van der Waals surface area contributed by atoms with Gasteiger partial charge in [0.15, 0.2) is 0 Å². The SMILES string of the molecule is Cc1cc2c3c(c1)C(c1ccc(C(C)(C)C)cc1)c1c(oc4cc5c(cc14)C(C)(C)CCC5(C)C)B3c1cc(C(C)(C)C)cc(C3(C)CCCCC3(C)C)c1C2. The van der Waals surface area contributed by atoms with Crippen LogP contribution in [0.3, 0.4) is 0 Å². The van der Waals surface area contributed by atoms with Gasteiger partial charge >= 0.3 is 0 Å². The molecule has 0 spiro atoms. The molecule has 5 aromatic rings. The predicted molar refractivity (Wildman–Crippen MR) is 241 cm³/mol. The van der Waals surface area contributed by atoms with Crippen LogP contribution in [0.2, 0.25) is 0 Å². The Morgan fingerprint density at radius 2 is 1.29 bits per heavy atom. The topological polar surface area (TPSA) is 13.1 Å². The highest BCUT2D eigenvalue weighted by Crippen LogP contribution is 2.54. The molecule has 1 fully saturated rings. The van der Waals surface area contributed by atoms with Crippen molar-refractivity contribution in [3.63, 3.8) is 0 Å². The Balaban J connectivity index is 1.40. The lowest BCUT2D eigenvalue weighted by Gasteiger charge is -2.51. The van der Waals surface area contributed by atoms with Gasteiger partial charge in [-0.2, -0.15) is 0 Å². The maximum Gasteiger partial charge on any atom is 0.289 e. The van der Waals surface area contributed by atoms with Gasteiger partial charge in [0.1, 0.15) is 5.58 Å². The molecule has 4 aliphatic rings. The summed E-state index contributed by atoms with van der Waals surface area (Å²) in [6, 6.07) is 25.1. The molecule has 4 aromatic carbocycles. The van der Waals surface area contributed by atoms with Gasteiger partial charge in [-0.25, -0.2) is 0 Å². The third-order valence-corrected chi connectivity index (χ3v) is 16.1. The van der Waals surface area contributed by atoms with Crippen LogP contribution >= 0.6 is 0 Å². The summed E-state index contributed by atoms with van der Waals surface area (Å²) in [7, 11) is 0. The van der Waals surface area contributed by atoms with Crippen molar-refractivity contribution in [3.05, 3.63) is 122 Å². The minimum absolute atomic E-state index is 0.0221. The van der Waals surface area contributed by atoms with Crippen LogP contribution in [-0.4, -0.2) is 6.71 Å². The first-order chi connectivity index (χ1) is 26.0. The Hall–Kier alpha value is -3.52. The van der Waals surface area contributed by atoms with Crippen LogP contribution in [0.1, 0.15) is 196 Å². The lowest BCUT2D eigenvalue weighted by molar-refractivity contribution is 0.108. The van der Waals surface area contributed by atoms with Crippen LogP contribution in [-0.2, 0) is 33.5 Å². The molecule has 2 atom stereocenters. The summed E-state index contributed by atoms with van der Waals surface area (Å²) in [5, 5.41) is 1.32. The largest absolute Gasteiger partial charge is 0.470 e. The molecule has 0 N–H and O–H groups in total. The van der Waals surface area contributed by atoms with Crippen LogP contribution in [0.5, 0.6) is 0 Å². The monoisotopic (exact) mass is 743 g/mol. The minimum atomic E-state index is 0.0221. The summed E-state index contributed by atoms with van der Waals surface area (Å²) in [5.74, 6) is 0.101. The van der Waals surface area contributed by atoms with Crippen molar-refractivity contribution in [2.75, 3.05) is 0 Å². The fourth-order valence-corrected chi connectivity index (χ4v) is 11.9. The number of aryl methyl sites for hydroxylation is 1. The van der Waals surface area contributed by atoms with E-state index in [9.17, 15) is 0 Å². The Morgan fingerprint density at radius 1 is 0.661 bits per heavy atom. The number of hydrogen-bond acceptors (Lipinski definition) is 1. The van der Waals surface area contributed by atoms with Crippen molar-refractivity contribution in [2.45, 2.75) is 175 Å². The number of benzene rings is 4. The first-order valence-corrected chi connectivity index (χ1v) is 22.0. The smallest absolute Gasteiger partial charge is 0.289 e. The fourth-order valence-electron chi connectivity index (χ4n) is 11.9. The van der Waals surface area contributed by atoms with Crippen LogP contribution in [0.4, 0.5) is 0 Å². The first kappa shape index (κ1) is 38.0. The number of rotatable bonds is 2. The van der Waals surface area contributed by atoms with Crippen LogP contribution in [0.15, 0.2) is 65.1 Å². The molecular formula is C54H67BO. The van der Waals surface area contributed by atoms with E-state index >= 15 is 0 Å². The average molecular weight is 743 g/mol. The van der Waals surface area contributed by atoms with E-state index < -0.39 is 0 Å². The highest BCUT2D eigenvalue weighted by molar-refractivity contribution is 6.97. The third-order valence-electron chi connectivity index (χ3n) is 16.1. The summed E-state index contributed by atoms with van der Waals surface area (Å²) >= 11 is 0. The molecular weight excluding hydrogens is 675 g/mol. The second kappa shape index (κ2) is 12.0. The standard InChI is InChI=1S/C54H67BO/c1-32-25-34-27-37-40(54(14)22-16-15-21-53(54,12)13)28-36(50(5,6)7)29-43(37)55-47(34)39(26-32)45(33-17-19-35(20-18-33)49(2,3)4)46-38-30-41-42(31-44(38)56-48(46)55)52(10,11)24-23-51(41,8)9/h17-20,25-26,28-31,45H,15-16,21-24,27H2,1-14H3. The van der Waals surface area contributed by atoms with Crippen molar-refractivity contribution in [3.8, 4) is 0 Å². The Morgan fingerprint density at radius 3 is 1.91 bits per heavy atom. The summed E-state index contributed by atoms with van der Waals surface area (Å²) in [5.41, 5.74) is 22.1. The summed E-state index contributed by atoms with van der Waals surface area (Å²) in [6.07, 6.45) is 8.54. The highest BCUT2D eigenvalue weighted by atomic mass is 16.3. The summed E-state index contributed by atoms with van der Waals surface area (Å²) < 4.78 is 7.56. The van der Waals surface area contributed by atoms with Gasteiger partial charge in [0.25, 0.3) is 6.71 Å². The normalized spacial score (nSPS) is 23.3. The Labute approximate surface area is 339 Å². The van der Waals surface area contributed by atoms with Gasteiger partial charge < -0.3 is 4.42 Å². The quantitative estimate of drug-likeness (QED) is 0.161. The van der Waals surface area contributed by atoms with E-state index in [0.29, 0.717) is 0 Å². The first-order valence-electron chi connectivity index (χ1n) is 22.0. The van der Waals surface area contributed by atoms with Gasteiger partial charge in [0, 0.05) is 16.9 Å². The Bertz CT molecular complexity index is 2420. The summed E-state index contributed by atoms with van der Waals surface area (Å²) in [6.45, 7) is 34.2. The van der Waals surface area contributed by atoms with Crippen molar-refractivity contribution in [1.82, 2.24) is 0 Å². The second-order valence-electron chi connectivity index (χ2n) is 23.1. The zero-order chi connectivity index (χ0) is 40.1. The van der Waals surface area contributed by atoms with Crippen molar-refractivity contribution in [2.24, 2.45) is 5.41 Å². The Kier molecular flexibility index (Phi) is 8.16. The lowest BCUT2D eigenvalue weighted by atomic mass is 9.31. The van der Waals surface area contributed by atoms with Gasteiger partial charge in [-0.15, -0.1) is 0 Å². The summed E-state index contributed by atoms with van der Waals surface area (Å²) in [4.78, 5) is 0. The number of hydrogen-bond donors (Lipinski definition) is 0. The molecule has 2 unspecified atom stereocenters. The fraction of sp³-hybridized carbons (Fsp3) is 0.519. The van der Waals surface area contributed by atoms with E-state index in [0.717, 1.165) is 12.0 Å². The molecule has 0 amide bonds. The molecule has 292 valence electrons. The highest BCUT2D eigenvalue weighted by Gasteiger charge is 2.50. The predicted octanol–water partition coefficient (Wildman–Crippen LogP) is 12.5. The molecule has 1 aromatic heterocycles. The van der Waals surface area contributed by atoms with Gasteiger partial charge in [0.05, 0.1) is 5.66 Å². The molecule has 2 aliphatic carbocycles. The molecule has 2 aliphatic heterocycles. The van der Waals surface area contributed by atoms with Crippen molar-refractivity contribution >= 4 is 34.3 Å². The van der Waals surface area contributed by atoms with E-state index in [2.05, 4.69) is 158 Å². The minimum Gasteiger partial charge on any atom is -0.470 e. The molecule has 0 bridgehead atoms. The number of furan rings is 1. The molecule has 3 heterocycles. The van der Waals surface area contributed by atoms with E-state index in [1.54, 1.807) is 11.1 Å². The zero-order valence-corrected chi connectivity index (χ0v) is 37.3. The second-order valence-corrected chi connectivity index (χ2v) is 23.1. The maximum atomic E-state index is 7.56. The molecule has 0 saturated heterocycles. The lowest BCUT2D eigenvalue weighted by Crippen LogP contribution is -2.62. The van der Waals surface area contributed by atoms with Crippen molar-refractivity contribution in [1.29, 1.82) is 0 Å². The van der Waals surface area contributed by atoms with Gasteiger partial charge in [-0.1, -0.05) is 168 Å². The molecule has 1 saturated carbocycles.